The van der Waals surface area contributed by atoms with Crippen molar-refractivity contribution in [3.8, 4) is 11.4 Å². The molecule has 0 saturated heterocycles. The Hall–Kier alpha value is -2.82. The third-order valence-corrected chi connectivity index (χ3v) is 6.02. The smallest absolute Gasteiger partial charge is 0.342 e. The lowest BCUT2D eigenvalue weighted by atomic mass is 9.82. The fraction of sp³-hybridized carbons (Fsp3) is 0.421. The summed E-state index contributed by atoms with van der Waals surface area (Å²) in [6.07, 6.45) is 0.626. The van der Waals surface area contributed by atoms with Crippen LogP contribution in [-0.2, 0) is 13.2 Å². The van der Waals surface area contributed by atoms with Gasteiger partial charge in [0, 0.05) is 36.5 Å². The number of pyridine rings is 1. The van der Waals surface area contributed by atoms with Gasteiger partial charge in [0.15, 0.2) is 11.5 Å². The van der Waals surface area contributed by atoms with Crippen LogP contribution in [0, 0.1) is 0 Å². The highest BCUT2D eigenvalue weighted by molar-refractivity contribution is 7.05. The van der Waals surface area contributed by atoms with Gasteiger partial charge >= 0.3 is 6.18 Å². The average molecular weight is 436 g/mol. The fourth-order valence-corrected chi connectivity index (χ4v) is 3.86. The fourth-order valence-electron chi connectivity index (χ4n) is 3.19. The highest BCUT2D eigenvalue weighted by Crippen LogP contribution is 2.36. The molecule has 7 nitrogen and oxygen atoms in total. The highest BCUT2D eigenvalue weighted by Gasteiger charge is 2.35. The first-order valence-corrected chi connectivity index (χ1v) is 10.2. The minimum absolute atomic E-state index is 0.182. The summed E-state index contributed by atoms with van der Waals surface area (Å²) in [6, 6.07) is 4.03. The molecule has 1 atom stereocenters. The van der Waals surface area contributed by atoms with E-state index in [0.29, 0.717) is 16.7 Å². The molecule has 30 heavy (non-hydrogen) atoms. The molecular formula is C19H19F3N6OS. The number of carbonyl (C=O) groups is 1. The van der Waals surface area contributed by atoms with Crippen molar-refractivity contribution in [2.45, 2.75) is 44.3 Å². The number of aromatic nitrogens is 5. The van der Waals surface area contributed by atoms with Gasteiger partial charge < -0.3 is 5.32 Å². The molecule has 1 amide bonds. The molecular weight excluding hydrogens is 417 g/mol. The summed E-state index contributed by atoms with van der Waals surface area (Å²) in [5, 5.41) is 6.57. The first kappa shape index (κ1) is 20.5. The van der Waals surface area contributed by atoms with Gasteiger partial charge in [-0.15, -0.1) is 0 Å². The van der Waals surface area contributed by atoms with Crippen molar-refractivity contribution in [2.75, 3.05) is 0 Å². The van der Waals surface area contributed by atoms with Gasteiger partial charge in [-0.2, -0.15) is 22.6 Å². The molecule has 11 heteroatoms. The SMILES string of the molecule is C[C@H](NC(=O)c1cc(C(F)(F)F)nn1C)c1nc(-c2ccnc(C3CCC3)c2)ns1. The Morgan fingerprint density at radius 1 is 1.33 bits per heavy atom. The largest absolute Gasteiger partial charge is 0.435 e. The van der Waals surface area contributed by atoms with E-state index < -0.39 is 23.8 Å². The summed E-state index contributed by atoms with van der Waals surface area (Å²) in [5.41, 5.74) is 0.599. The van der Waals surface area contributed by atoms with Crippen molar-refractivity contribution >= 4 is 17.4 Å². The van der Waals surface area contributed by atoms with Crippen molar-refractivity contribution in [2.24, 2.45) is 7.05 Å². The number of hydrogen-bond donors (Lipinski definition) is 1. The standard InChI is InChI=1S/C19H19F3N6OS/c1-10(24-17(29)14-9-15(19(20,21)22)26-28(14)2)18-25-16(27-30-18)12-6-7-23-13(8-12)11-4-3-5-11/h6-11H,3-5H2,1-2H3,(H,24,29)/t10-/m0/s1. The van der Waals surface area contributed by atoms with Crippen LogP contribution in [0.1, 0.15) is 65.0 Å². The number of nitrogens with one attached hydrogen (secondary N) is 1. The summed E-state index contributed by atoms with van der Waals surface area (Å²) >= 11 is 1.14. The zero-order valence-electron chi connectivity index (χ0n) is 16.3. The third-order valence-electron chi connectivity index (χ3n) is 5.13. The van der Waals surface area contributed by atoms with Crippen molar-refractivity contribution in [3.63, 3.8) is 0 Å². The molecule has 4 rings (SSSR count). The molecule has 1 saturated carbocycles. The van der Waals surface area contributed by atoms with Crippen molar-refractivity contribution in [1.29, 1.82) is 0 Å². The van der Waals surface area contributed by atoms with E-state index in [-0.39, 0.29) is 5.69 Å². The molecule has 158 valence electrons. The quantitative estimate of drug-likeness (QED) is 0.651. The Kier molecular flexibility index (Phi) is 5.31. The zero-order valence-corrected chi connectivity index (χ0v) is 17.1. The highest BCUT2D eigenvalue weighted by atomic mass is 32.1. The number of hydrogen-bond acceptors (Lipinski definition) is 6. The second kappa shape index (κ2) is 7.78. The summed E-state index contributed by atoms with van der Waals surface area (Å²) < 4.78 is 43.7. The molecule has 0 aliphatic heterocycles. The minimum Gasteiger partial charge on any atom is -0.342 e. The molecule has 0 aromatic carbocycles. The molecule has 3 heterocycles. The number of rotatable bonds is 5. The Balaban J connectivity index is 1.47. The van der Waals surface area contributed by atoms with E-state index in [4.69, 9.17) is 0 Å². The summed E-state index contributed by atoms with van der Waals surface area (Å²) in [5.74, 6) is 0.363. The van der Waals surface area contributed by atoms with Crippen molar-refractivity contribution in [1.82, 2.24) is 29.4 Å². The first-order chi connectivity index (χ1) is 14.2. The Labute approximate surface area is 174 Å². The number of aryl methyl sites for hydroxylation is 1. The van der Waals surface area contributed by atoms with Crippen LogP contribution in [0.2, 0.25) is 0 Å². The molecule has 0 bridgehead atoms. The molecule has 1 N–H and O–H groups in total. The number of amides is 1. The number of carbonyl (C=O) groups excluding carboxylic acids is 1. The molecule has 3 aromatic heterocycles. The third kappa shape index (κ3) is 4.07. The zero-order chi connectivity index (χ0) is 21.5. The van der Waals surface area contributed by atoms with Gasteiger partial charge in [-0.05, 0) is 43.4 Å². The van der Waals surface area contributed by atoms with Crippen molar-refractivity contribution < 1.29 is 18.0 Å². The molecule has 1 aliphatic carbocycles. The lowest BCUT2D eigenvalue weighted by Gasteiger charge is -2.24. The first-order valence-electron chi connectivity index (χ1n) is 9.44. The van der Waals surface area contributed by atoms with Crippen LogP contribution in [0.25, 0.3) is 11.4 Å². The van der Waals surface area contributed by atoms with Crippen LogP contribution in [0.5, 0.6) is 0 Å². The van der Waals surface area contributed by atoms with Gasteiger partial charge in [0.1, 0.15) is 10.7 Å². The molecule has 1 fully saturated rings. The van der Waals surface area contributed by atoms with Crippen LogP contribution in [0.3, 0.4) is 0 Å². The van der Waals surface area contributed by atoms with Crippen LogP contribution in [0.15, 0.2) is 24.4 Å². The maximum atomic E-state index is 12.8. The van der Waals surface area contributed by atoms with Gasteiger partial charge in [0.05, 0.1) is 6.04 Å². The van der Waals surface area contributed by atoms with Gasteiger partial charge in [-0.25, -0.2) is 4.98 Å². The second-order valence-electron chi connectivity index (χ2n) is 7.28. The summed E-state index contributed by atoms with van der Waals surface area (Å²) in [4.78, 5) is 21.4. The van der Waals surface area contributed by atoms with Gasteiger partial charge in [-0.3, -0.25) is 14.5 Å². The minimum atomic E-state index is -4.61. The van der Waals surface area contributed by atoms with E-state index in [1.807, 2.05) is 12.1 Å². The van der Waals surface area contributed by atoms with E-state index in [9.17, 15) is 18.0 Å². The molecule has 1 aliphatic rings. The van der Waals surface area contributed by atoms with Gasteiger partial charge in [0.25, 0.3) is 5.91 Å². The topological polar surface area (TPSA) is 85.6 Å². The van der Waals surface area contributed by atoms with E-state index in [1.54, 1.807) is 13.1 Å². The monoisotopic (exact) mass is 436 g/mol. The van der Waals surface area contributed by atoms with E-state index in [1.165, 1.54) is 13.5 Å². The molecule has 0 radical (unpaired) electrons. The summed E-state index contributed by atoms with van der Waals surface area (Å²) in [6.45, 7) is 1.70. The molecule has 0 unspecified atom stereocenters. The van der Waals surface area contributed by atoms with Gasteiger partial charge in [0.2, 0.25) is 0 Å². The van der Waals surface area contributed by atoms with Gasteiger partial charge in [-0.1, -0.05) is 6.42 Å². The van der Waals surface area contributed by atoms with E-state index in [2.05, 4.69) is 24.8 Å². The van der Waals surface area contributed by atoms with E-state index >= 15 is 0 Å². The Bertz CT molecular complexity index is 1070. The second-order valence-corrected chi connectivity index (χ2v) is 8.07. The molecule has 0 spiro atoms. The maximum Gasteiger partial charge on any atom is 0.435 e. The Morgan fingerprint density at radius 2 is 2.10 bits per heavy atom. The predicted octanol–water partition coefficient (Wildman–Crippen LogP) is 4.11. The number of nitrogens with zero attached hydrogens (tertiary/aromatic N) is 5. The van der Waals surface area contributed by atoms with E-state index in [0.717, 1.165) is 46.4 Å². The lowest BCUT2D eigenvalue weighted by molar-refractivity contribution is -0.141. The normalized spacial score (nSPS) is 15.6. The average Bonchev–Trinajstić information content (AvgIpc) is 3.27. The number of halogens is 3. The van der Waals surface area contributed by atoms with Crippen LogP contribution < -0.4 is 5.32 Å². The Morgan fingerprint density at radius 3 is 2.73 bits per heavy atom. The molecule has 3 aromatic rings. The van der Waals surface area contributed by atoms with Crippen LogP contribution >= 0.6 is 11.5 Å². The van der Waals surface area contributed by atoms with Crippen LogP contribution in [0.4, 0.5) is 13.2 Å². The maximum absolute atomic E-state index is 12.8. The number of alkyl halides is 3. The summed E-state index contributed by atoms with van der Waals surface area (Å²) in [7, 11) is 1.29. The van der Waals surface area contributed by atoms with Crippen LogP contribution in [-0.4, -0.2) is 30.0 Å². The van der Waals surface area contributed by atoms with Crippen molar-refractivity contribution in [3.05, 3.63) is 46.5 Å². The lowest BCUT2D eigenvalue weighted by Crippen LogP contribution is -2.28. The predicted molar refractivity (Wildman–Crippen MR) is 104 cm³/mol.